The Hall–Kier alpha value is -2.56. The molecule has 3 saturated heterocycles. The van der Waals surface area contributed by atoms with Gasteiger partial charge in [-0.15, -0.1) is 11.8 Å². The van der Waals surface area contributed by atoms with E-state index in [9.17, 15) is 19.5 Å². The smallest absolute Gasteiger partial charge is 0.248 e. The summed E-state index contributed by atoms with van der Waals surface area (Å²) in [6, 6.07) is 16.0. The zero-order valence-electron chi connectivity index (χ0n) is 21.1. The summed E-state index contributed by atoms with van der Waals surface area (Å²) in [5.41, 5.74) is 1.60. The number of carbonyl (C=O) groups is 3. The molecule has 2 aromatic rings. The molecule has 3 heterocycles. The predicted molar refractivity (Wildman–Crippen MR) is 150 cm³/mol. The SMILES string of the molecule is COc1ccc(NC(=O)C2N(CCCCO)C(=O)[C@@H]3[C@H](C(=O)NCc4ccccc4)[C@H]4SC23CC4Br)cc1. The highest BCUT2D eigenvalue weighted by Crippen LogP contribution is 2.67. The lowest BCUT2D eigenvalue weighted by atomic mass is 9.70. The molecular weight excluding hydrogens is 570 g/mol. The second kappa shape index (κ2) is 11.3. The number of nitrogens with one attached hydrogen (secondary N) is 2. The number of hydrogen-bond acceptors (Lipinski definition) is 6. The summed E-state index contributed by atoms with van der Waals surface area (Å²) >= 11 is 5.40. The van der Waals surface area contributed by atoms with Gasteiger partial charge in [0, 0.05) is 35.5 Å². The predicted octanol–water partition coefficient (Wildman–Crippen LogP) is 3.19. The van der Waals surface area contributed by atoms with Gasteiger partial charge in [0.1, 0.15) is 11.8 Å². The number of carbonyl (C=O) groups excluding carboxylic acids is 3. The van der Waals surface area contributed by atoms with E-state index in [-0.39, 0.29) is 34.4 Å². The standard InChI is InChI=1S/C28H32BrN3O5S/c1-37-19-11-9-18(10-12-19)31-26(35)24-28-15-20(29)23(38-28)21(22(28)27(36)32(24)13-5-6-14-33)25(34)30-16-17-7-3-2-4-8-17/h2-4,7-12,20-24,33H,5-6,13-16H2,1H3,(H,30,34)(H,31,35)/t20?,21-,22-,23-,24?,28?/m0/s1. The number of aliphatic hydroxyl groups excluding tert-OH is 1. The molecule has 38 heavy (non-hydrogen) atoms. The Morgan fingerprint density at radius 1 is 1.13 bits per heavy atom. The van der Waals surface area contributed by atoms with Gasteiger partial charge < -0.3 is 25.4 Å². The summed E-state index contributed by atoms with van der Waals surface area (Å²) in [6.45, 7) is 0.759. The Morgan fingerprint density at radius 3 is 2.55 bits per heavy atom. The summed E-state index contributed by atoms with van der Waals surface area (Å²) in [4.78, 5) is 43.1. The highest BCUT2D eigenvalue weighted by atomic mass is 79.9. The lowest BCUT2D eigenvalue weighted by Gasteiger charge is -2.35. The number of halogens is 1. The van der Waals surface area contributed by atoms with Gasteiger partial charge in [-0.05, 0) is 49.1 Å². The Kier molecular flexibility index (Phi) is 8.02. The second-order valence-electron chi connectivity index (χ2n) is 10.0. The van der Waals surface area contributed by atoms with Crippen molar-refractivity contribution in [1.82, 2.24) is 10.2 Å². The highest BCUT2D eigenvalue weighted by Gasteiger charge is 2.75. The van der Waals surface area contributed by atoms with E-state index in [0.29, 0.717) is 43.8 Å². The number of ether oxygens (including phenoxy) is 1. The summed E-state index contributed by atoms with van der Waals surface area (Å²) < 4.78 is 4.51. The largest absolute Gasteiger partial charge is 0.497 e. The number of rotatable bonds is 10. The van der Waals surface area contributed by atoms with E-state index in [2.05, 4.69) is 26.6 Å². The van der Waals surface area contributed by atoms with Crippen LogP contribution in [0.2, 0.25) is 0 Å². The van der Waals surface area contributed by atoms with Crippen molar-refractivity contribution in [3.63, 3.8) is 0 Å². The van der Waals surface area contributed by atoms with E-state index in [4.69, 9.17) is 4.74 Å². The number of fused-ring (bicyclic) bond motifs is 1. The van der Waals surface area contributed by atoms with Gasteiger partial charge in [0.15, 0.2) is 0 Å². The third-order valence-electron chi connectivity index (χ3n) is 7.81. The van der Waals surface area contributed by atoms with E-state index in [1.807, 2.05) is 30.3 Å². The molecule has 0 aromatic heterocycles. The summed E-state index contributed by atoms with van der Waals surface area (Å²) in [6.07, 6.45) is 1.73. The number of unbranched alkanes of at least 4 members (excludes halogenated alkanes) is 1. The highest BCUT2D eigenvalue weighted by molar-refractivity contribution is 9.09. The van der Waals surface area contributed by atoms with Gasteiger partial charge in [-0.1, -0.05) is 46.3 Å². The van der Waals surface area contributed by atoms with Crippen LogP contribution in [0, 0.1) is 11.8 Å². The average Bonchev–Trinajstić information content (AvgIpc) is 3.52. The van der Waals surface area contributed by atoms with Crippen LogP contribution in [0.5, 0.6) is 5.75 Å². The molecule has 3 fully saturated rings. The van der Waals surface area contributed by atoms with Gasteiger partial charge in [0.25, 0.3) is 0 Å². The van der Waals surface area contributed by atoms with E-state index < -0.39 is 22.6 Å². The first-order chi connectivity index (χ1) is 18.4. The molecule has 3 N–H and O–H groups in total. The number of anilines is 1. The van der Waals surface area contributed by atoms with Crippen molar-refractivity contribution in [2.75, 3.05) is 25.6 Å². The van der Waals surface area contributed by atoms with Crippen molar-refractivity contribution < 1.29 is 24.2 Å². The van der Waals surface area contributed by atoms with Crippen LogP contribution in [-0.4, -0.2) is 68.9 Å². The number of thioether (sulfide) groups is 1. The first kappa shape index (κ1) is 27.0. The number of likely N-dealkylation sites (tertiary alicyclic amines) is 1. The van der Waals surface area contributed by atoms with Crippen LogP contribution in [0.4, 0.5) is 5.69 Å². The number of aliphatic hydroxyl groups is 1. The molecule has 6 atom stereocenters. The summed E-state index contributed by atoms with van der Waals surface area (Å²) in [5.74, 6) is -0.987. The zero-order valence-corrected chi connectivity index (χ0v) is 23.5. The summed E-state index contributed by atoms with van der Waals surface area (Å²) in [5, 5.41) is 15.3. The lowest BCUT2D eigenvalue weighted by Crippen LogP contribution is -2.53. The maximum Gasteiger partial charge on any atom is 0.248 e. The van der Waals surface area contributed by atoms with Crippen molar-refractivity contribution in [2.45, 2.75) is 46.7 Å². The van der Waals surface area contributed by atoms with Crippen molar-refractivity contribution >= 4 is 51.1 Å². The Bertz CT molecular complexity index is 1180. The third-order valence-corrected chi connectivity index (χ3v) is 11.0. The molecule has 3 aliphatic rings. The third kappa shape index (κ3) is 4.82. The zero-order chi connectivity index (χ0) is 26.9. The Balaban J connectivity index is 1.42. The van der Waals surface area contributed by atoms with Crippen molar-refractivity contribution in [2.24, 2.45) is 11.8 Å². The number of hydrogen-bond donors (Lipinski definition) is 3. The average molecular weight is 603 g/mol. The molecule has 8 nitrogen and oxygen atoms in total. The molecule has 3 unspecified atom stereocenters. The van der Waals surface area contributed by atoms with Crippen LogP contribution in [-0.2, 0) is 20.9 Å². The van der Waals surface area contributed by atoms with E-state index in [1.54, 1.807) is 48.0 Å². The van der Waals surface area contributed by atoms with E-state index >= 15 is 0 Å². The number of alkyl halides is 1. The van der Waals surface area contributed by atoms with Crippen LogP contribution >= 0.6 is 27.7 Å². The minimum atomic E-state index is -0.720. The molecule has 3 aliphatic heterocycles. The number of amides is 3. The van der Waals surface area contributed by atoms with Gasteiger partial charge in [0.2, 0.25) is 17.7 Å². The molecule has 1 spiro atoms. The molecule has 0 radical (unpaired) electrons. The second-order valence-corrected chi connectivity index (χ2v) is 12.8. The fourth-order valence-electron chi connectivity index (χ4n) is 6.15. The monoisotopic (exact) mass is 601 g/mol. The molecule has 2 bridgehead atoms. The maximum absolute atomic E-state index is 14.0. The van der Waals surface area contributed by atoms with Gasteiger partial charge in [-0.2, -0.15) is 0 Å². The Morgan fingerprint density at radius 2 is 1.87 bits per heavy atom. The number of benzene rings is 2. The maximum atomic E-state index is 14.0. The van der Waals surface area contributed by atoms with Gasteiger partial charge in [0.05, 0.1) is 23.7 Å². The number of nitrogens with zero attached hydrogens (tertiary/aromatic N) is 1. The van der Waals surface area contributed by atoms with Crippen molar-refractivity contribution in [3.8, 4) is 5.75 Å². The van der Waals surface area contributed by atoms with E-state index in [0.717, 1.165) is 5.56 Å². The van der Waals surface area contributed by atoms with Gasteiger partial charge in [-0.25, -0.2) is 0 Å². The Labute approximate surface area is 235 Å². The molecule has 5 rings (SSSR count). The van der Waals surface area contributed by atoms with Crippen LogP contribution in [0.3, 0.4) is 0 Å². The molecule has 2 aromatic carbocycles. The quantitative estimate of drug-likeness (QED) is 0.285. The molecule has 10 heteroatoms. The molecule has 0 saturated carbocycles. The van der Waals surface area contributed by atoms with Crippen LogP contribution < -0.4 is 15.4 Å². The fraction of sp³-hybridized carbons (Fsp3) is 0.464. The van der Waals surface area contributed by atoms with Crippen LogP contribution in [0.15, 0.2) is 54.6 Å². The van der Waals surface area contributed by atoms with Gasteiger partial charge >= 0.3 is 0 Å². The normalized spacial score (nSPS) is 29.3. The molecular formula is C28H32BrN3O5S. The first-order valence-electron chi connectivity index (χ1n) is 12.9. The molecule has 202 valence electrons. The molecule has 3 amide bonds. The minimum absolute atomic E-state index is 0.0118. The summed E-state index contributed by atoms with van der Waals surface area (Å²) in [7, 11) is 1.58. The van der Waals surface area contributed by atoms with Crippen LogP contribution in [0.1, 0.15) is 24.8 Å². The van der Waals surface area contributed by atoms with Gasteiger partial charge in [-0.3, -0.25) is 14.4 Å². The topological polar surface area (TPSA) is 108 Å². The lowest BCUT2D eigenvalue weighted by molar-refractivity contribution is -0.139. The molecule has 0 aliphatic carbocycles. The van der Waals surface area contributed by atoms with Crippen molar-refractivity contribution in [3.05, 3.63) is 60.2 Å². The fourth-order valence-corrected chi connectivity index (χ4v) is 9.77. The van der Waals surface area contributed by atoms with E-state index in [1.165, 1.54) is 0 Å². The van der Waals surface area contributed by atoms with Crippen LogP contribution in [0.25, 0.3) is 0 Å². The minimum Gasteiger partial charge on any atom is -0.497 e. The van der Waals surface area contributed by atoms with Crippen molar-refractivity contribution in [1.29, 1.82) is 0 Å². The number of methoxy groups -OCH3 is 1. The first-order valence-corrected chi connectivity index (χ1v) is 14.7.